The number of nitrogens with two attached hydrogens (primary N) is 1. The van der Waals surface area contributed by atoms with Crippen LogP contribution in [0.15, 0.2) is 46.2 Å². The van der Waals surface area contributed by atoms with Crippen LogP contribution in [-0.2, 0) is 32.9 Å². The Balaban J connectivity index is 1.86. The van der Waals surface area contributed by atoms with E-state index in [0.717, 1.165) is 11.9 Å². The molecule has 1 unspecified atom stereocenters. The van der Waals surface area contributed by atoms with E-state index in [2.05, 4.69) is 19.7 Å². The summed E-state index contributed by atoms with van der Waals surface area (Å²) >= 11 is 1.16. The smallest absolute Gasteiger partial charge is 0.294 e. The molecule has 30 heavy (non-hydrogen) atoms. The Morgan fingerprint density at radius 1 is 1.03 bits per heavy atom. The third kappa shape index (κ3) is 5.47. The molecule has 2 aromatic carbocycles. The third-order valence-corrected chi connectivity index (χ3v) is 5.77. The highest BCUT2D eigenvalue weighted by molar-refractivity contribution is 7.97. The van der Waals surface area contributed by atoms with Crippen LogP contribution in [0, 0.1) is 20.2 Å². The lowest BCUT2D eigenvalue weighted by Gasteiger charge is -2.28. The maximum Gasteiger partial charge on any atom is 0.294 e. The normalized spacial score (nSPS) is 15.6. The predicted octanol–water partition coefficient (Wildman–Crippen LogP) is 1.47. The second kappa shape index (κ2) is 8.70. The Hall–Kier alpha value is -3.14. The highest BCUT2D eigenvalue weighted by Crippen LogP contribution is 2.36. The summed E-state index contributed by atoms with van der Waals surface area (Å²) in [5.41, 5.74) is 2.06. The van der Waals surface area contributed by atoms with Gasteiger partial charge in [-0.3, -0.25) is 0 Å². The zero-order valence-corrected chi connectivity index (χ0v) is 16.6. The minimum Gasteiger partial charge on any atom is -0.364 e. The number of primary sulfonamides is 1. The minimum atomic E-state index is -3.85. The lowest BCUT2D eigenvalue weighted by molar-refractivity contribution is -0.763. The van der Waals surface area contributed by atoms with Crippen LogP contribution in [0.5, 0.6) is 0 Å². The van der Waals surface area contributed by atoms with Crippen LogP contribution < -0.4 is 15.2 Å². The number of hydrogen-bond donors (Lipinski definition) is 3. The van der Waals surface area contributed by atoms with E-state index in [-0.39, 0.29) is 18.1 Å². The SMILES string of the molecule is NS(=O)(=O)c1ccc2c(c1)SNC(c1cc(CO[N+](=O)[O-])cc(CO[N+](=O)[O-])c1)N2. The van der Waals surface area contributed by atoms with Crippen LogP contribution in [0.4, 0.5) is 5.69 Å². The van der Waals surface area contributed by atoms with Crippen LogP contribution in [0.2, 0.25) is 0 Å². The van der Waals surface area contributed by atoms with Crippen molar-refractivity contribution in [2.24, 2.45) is 5.14 Å². The molecular formula is C15H15N5O8S2. The van der Waals surface area contributed by atoms with Crippen molar-refractivity contribution in [1.29, 1.82) is 0 Å². The quantitative estimate of drug-likeness (QED) is 0.296. The van der Waals surface area contributed by atoms with Crippen LogP contribution in [0.25, 0.3) is 0 Å². The summed E-state index contributed by atoms with van der Waals surface area (Å²) in [6, 6.07) is 9.11. The Kier molecular flexibility index (Phi) is 6.25. The molecule has 160 valence electrons. The van der Waals surface area contributed by atoms with Gasteiger partial charge in [-0.15, -0.1) is 20.2 Å². The molecule has 2 aromatic rings. The largest absolute Gasteiger partial charge is 0.364 e. The van der Waals surface area contributed by atoms with Gasteiger partial charge in [0.1, 0.15) is 19.4 Å². The molecule has 0 aromatic heterocycles. The van der Waals surface area contributed by atoms with Gasteiger partial charge < -0.3 is 15.0 Å². The average molecular weight is 457 g/mol. The van der Waals surface area contributed by atoms with Crippen molar-refractivity contribution < 1.29 is 28.3 Å². The molecule has 0 radical (unpaired) electrons. The second-order valence-corrected chi connectivity index (χ2v) is 8.52. The van der Waals surface area contributed by atoms with Crippen molar-refractivity contribution in [2.75, 3.05) is 5.32 Å². The summed E-state index contributed by atoms with van der Waals surface area (Å²) in [5, 5.41) is 27.4. The lowest BCUT2D eigenvalue weighted by Crippen LogP contribution is -2.27. The Morgan fingerprint density at radius 3 is 2.17 bits per heavy atom. The number of rotatable bonds is 8. The van der Waals surface area contributed by atoms with E-state index in [9.17, 15) is 28.6 Å². The molecule has 15 heteroatoms. The maximum atomic E-state index is 11.5. The van der Waals surface area contributed by atoms with Gasteiger partial charge in [0.15, 0.2) is 0 Å². The average Bonchev–Trinajstić information content (AvgIpc) is 2.69. The molecule has 1 aliphatic rings. The fraction of sp³-hybridized carbons (Fsp3) is 0.200. The molecule has 1 aliphatic heterocycles. The molecule has 1 heterocycles. The number of nitrogens with zero attached hydrogens (tertiary/aromatic N) is 2. The third-order valence-electron chi connectivity index (χ3n) is 3.95. The first-order chi connectivity index (χ1) is 14.1. The molecule has 0 aliphatic carbocycles. The van der Waals surface area contributed by atoms with E-state index in [0.29, 0.717) is 27.3 Å². The fourth-order valence-electron chi connectivity index (χ4n) is 2.72. The van der Waals surface area contributed by atoms with Gasteiger partial charge in [0, 0.05) is 4.90 Å². The first kappa shape index (κ1) is 21.6. The molecular weight excluding hydrogens is 442 g/mol. The van der Waals surface area contributed by atoms with Crippen LogP contribution >= 0.6 is 11.9 Å². The van der Waals surface area contributed by atoms with E-state index in [1.54, 1.807) is 18.2 Å². The van der Waals surface area contributed by atoms with Crippen molar-refractivity contribution in [1.82, 2.24) is 4.72 Å². The van der Waals surface area contributed by atoms with E-state index < -0.39 is 26.4 Å². The van der Waals surface area contributed by atoms with Gasteiger partial charge in [-0.1, -0.05) is 18.2 Å². The summed E-state index contributed by atoms with van der Waals surface area (Å²) in [6.45, 7) is -0.694. The number of nitrogens with one attached hydrogen (secondary N) is 2. The van der Waals surface area contributed by atoms with Crippen LogP contribution in [0.1, 0.15) is 22.9 Å². The van der Waals surface area contributed by atoms with Crippen LogP contribution in [-0.4, -0.2) is 18.6 Å². The van der Waals surface area contributed by atoms with Crippen molar-refractivity contribution in [3.63, 3.8) is 0 Å². The van der Waals surface area contributed by atoms with E-state index >= 15 is 0 Å². The standard InChI is InChI=1S/C15H15N5O8S2/c16-30(25,26)12-1-2-13-14(6-12)29-18-15(17-13)11-4-9(7-27-19(21)22)3-10(5-11)8-28-20(23)24/h1-6,15,17-18H,7-8H2,(H2,16,25,26). The molecule has 1 atom stereocenters. The van der Waals surface area contributed by atoms with Gasteiger partial charge in [0.2, 0.25) is 10.0 Å². The first-order valence-electron chi connectivity index (χ1n) is 8.15. The minimum absolute atomic E-state index is 0.0334. The van der Waals surface area contributed by atoms with Crippen molar-refractivity contribution in [3.05, 3.63) is 73.3 Å². The summed E-state index contributed by atoms with van der Waals surface area (Å²) in [4.78, 5) is 30.3. The van der Waals surface area contributed by atoms with Crippen molar-refractivity contribution in [3.8, 4) is 0 Å². The zero-order valence-electron chi connectivity index (χ0n) is 15.0. The molecule has 4 N–H and O–H groups in total. The number of hydrogen-bond acceptors (Lipinski definition) is 11. The molecule has 0 amide bonds. The lowest BCUT2D eigenvalue weighted by atomic mass is 10.0. The molecule has 0 bridgehead atoms. The molecule has 0 spiro atoms. The topological polar surface area (TPSA) is 189 Å². The monoisotopic (exact) mass is 457 g/mol. The molecule has 0 fully saturated rings. The zero-order chi connectivity index (χ0) is 21.9. The Labute approximate surface area is 173 Å². The second-order valence-electron chi connectivity index (χ2n) is 6.08. The number of anilines is 1. The van der Waals surface area contributed by atoms with Gasteiger partial charge >= 0.3 is 0 Å². The van der Waals surface area contributed by atoms with E-state index in [1.807, 2.05) is 0 Å². The predicted molar refractivity (Wildman–Crippen MR) is 103 cm³/mol. The number of sulfonamides is 1. The molecule has 0 saturated heterocycles. The van der Waals surface area contributed by atoms with Crippen molar-refractivity contribution >= 4 is 27.7 Å². The highest BCUT2D eigenvalue weighted by Gasteiger charge is 2.22. The summed E-state index contributed by atoms with van der Waals surface area (Å²) in [5.74, 6) is 0. The summed E-state index contributed by atoms with van der Waals surface area (Å²) in [7, 11) is -3.85. The summed E-state index contributed by atoms with van der Waals surface area (Å²) < 4.78 is 26.1. The van der Waals surface area contributed by atoms with Gasteiger partial charge in [0.05, 0.1) is 10.6 Å². The highest BCUT2D eigenvalue weighted by atomic mass is 32.2. The molecule has 0 saturated carbocycles. The Bertz CT molecular complexity index is 1060. The Morgan fingerprint density at radius 2 is 1.63 bits per heavy atom. The summed E-state index contributed by atoms with van der Waals surface area (Å²) in [6.07, 6.45) is -0.493. The van der Waals surface area contributed by atoms with E-state index in [1.165, 1.54) is 18.2 Å². The van der Waals surface area contributed by atoms with Gasteiger partial charge in [0.25, 0.3) is 10.2 Å². The van der Waals surface area contributed by atoms with Gasteiger partial charge in [-0.25, -0.2) is 18.3 Å². The van der Waals surface area contributed by atoms with Crippen LogP contribution in [0.3, 0.4) is 0 Å². The molecule has 13 nitrogen and oxygen atoms in total. The number of benzene rings is 2. The van der Waals surface area contributed by atoms with Crippen molar-refractivity contribution in [2.45, 2.75) is 29.2 Å². The first-order valence-corrected chi connectivity index (χ1v) is 10.5. The fourth-order valence-corrected chi connectivity index (χ4v) is 4.20. The van der Waals surface area contributed by atoms with E-state index in [4.69, 9.17) is 5.14 Å². The molecule has 3 rings (SSSR count). The van der Waals surface area contributed by atoms with Gasteiger partial charge in [-0.05, 0) is 46.8 Å². The maximum absolute atomic E-state index is 11.5. The van der Waals surface area contributed by atoms with Gasteiger partial charge in [-0.2, -0.15) is 0 Å². The number of fused-ring (bicyclic) bond motifs is 1.